The average molecular weight is 1210 g/mol. The molecule has 6 aromatic carbocycles. The van der Waals surface area contributed by atoms with Gasteiger partial charge in [-0.2, -0.15) is 76.2 Å². The van der Waals surface area contributed by atoms with E-state index in [1.807, 2.05) is 20.1 Å². The van der Waals surface area contributed by atoms with E-state index in [1.165, 1.54) is 36.4 Å². The zero-order valence-corrected chi connectivity index (χ0v) is 46.3. The number of aryl methyl sites for hydroxylation is 2. The molecule has 0 fully saturated rings. The number of esters is 1. The molecule has 8 nitrogen and oxygen atoms in total. The zero-order valence-electron chi connectivity index (χ0n) is 43.1. The number of nitrogens with zero attached hydrogens (tertiary/aromatic N) is 1. The number of hydrogen-bond donors (Lipinski definition) is 3. The number of alkyl halides is 12. The first-order chi connectivity index (χ1) is 37.2. The van der Waals surface area contributed by atoms with E-state index in [4.69, 9.17) is 33.7 Å². The van der Waals surface area contributed by atoms with Crippen LogP contribution in [-0.2, 0) is 42.3 Å². The van der Waals surface area contributed by atoms with E-state index in [9.17, 15) is 67.1 Å². The lowest BCUT2D eigenvalue weighted by atomic mass is 9.98. The number of anilines is 1. The molecule has 1 aliphatic heterocycles. The summed E-state index contributed by atoms with van der Waals surface area (Å²) in [5.74, 6) is 0.00320. The summed E-state index contributed by atoms with van der Waals surface area (Å²) in [6, 6.07) is 21.7. The molecule has 2 atom stereocenters. The van der Waals surface area contributed by atoms with Gasteiger partial charge in [0.05, 0.1) is 60.2 Å². The van der Waals surface area contributed by atoms with Gasteiger partial charge in [0, 0.05) is 29.3 Å². The third kappa shape index (κ3) is 17.9. The monoisotopic (exact) mass is 1200 g/mol. The minimum Gasteiger partial charge on any atom is -0.403 e. The number of ether oxygens (including phenoxy) is 1. The maximum absolute atomic E-state index is 13.2. The lowest BCUT2D eigenvalue weighted by Gasteiger charge is -2.17. The largest absolute Gasteiger partial charge is 0.416 e. The number of nitrogens with one attached hydrogen (secondary N) is 2. The van der Waals surface area contributed by atoms with Gasteiger partial charge in [0.1, 0.15) is 0 Å². The summed E-state index contributed by atoms with van der Waals surface area (Å²) >= 11 is 15.6. The molecule has 0 aliphatic carbocycles. The molecule has 0 aromatic heterocycles. The van der Waals surface area contributed by atoms with Crippen LogP contribution in [0.3, 0.4) is 0 Å². The van der Waals surface area contributed by atoms with E-state index >= 15 is 0 Å². The quantitative estimate of drug-likeness (QED) is 0.0777. The number of aliphatic imine (C=N–C) groups is 1. The van der Waals surface area contributed by atoms with E-state index in [2.05, 4.69) is 21.9 Å². The fourth-order valence-electron chi connectivity index (χ4n) is 7.92. The Hall–Kier alpha value is -6.20. The Bertz CT molecular complexity index is 3190. The number of benzene rings is 6. The first kappa shape index (κ1) is 64.6. The topological polar surface area (TPSA) is 123 Å². The number of amides is 2. The number of thioether (sulfide) groups is 2. The van der Waals surface area contributed by atoms with Crippen LogP contribution in [0, 0.1) is 13.8 Å². The number of fused-ring (bicyclic) bond motifs is 1. The van der Waals surface area contributed by atoms with Crippen molar-refractivity contribution in [1.82, 2.24) is 5.32 Å². The summed E-state index contributed by atoms with van der Waals surface area (Å²) in [6.45, 7) is 7.13. The van der Waals surface area contributed by atoms with Crippen molar-refractivity contribution in [2.24, 2.45) is 10.7 Å². The van der Waals surface area contributed by atoms with Crippen molar-refractivity contribution < 1.29 is 71.8 Å². The van der Waals surface area contributed by atoms with E-state index in [0.29, 0.717) is 75.3 Å². The maximum atomic E-state index is 13.2. The molecule has 0 saturated heterocycles. The molecule has 24 heteroatoms. The Balaban J connectivity index is 0.000000269. The summed E-state index contributed by atoms with van der Waals surface area (Å²) < 4.78 is 163. The molecule has 0 spiro atoms. The first-order valence-electron chi connectivity index (χ1n) is 23.7. The molecule has 0 radical (unpaired) electrons. The molecule has 1 aliphatic rings. The Labute approximate surface area is 471 Å². The third-order valence-corrected chi connectivity index (χ3v) is 13.8. The molecule has 7 rings (SSSR count). The number of rotatable bonds is 13. The van der Waals surface area contributed by atoms with Crippen molar-refractivity contribution in [2.75, 3.05) is 29.3 Å². The summed E-state index contributed by atoms with van der Waals surface area (Å²) in [7, 11) is 0. The van der Waals surface area contributed by atoms with Gasteiger partial charge in [-0.25, -0.2) is 9.79 Å². The molecule has 0 saturated carbocycles. The van der Waals surface area contributed by atoms with Crippen molar-refractivity contribution in [1.29, 1.82) is 0 Å². The van der Waals surface area contributed by atoms with Crippen LogP contribution >= 0.6 is 46.7 Å². The molecular weight excluding hydrogens is 1160 g/mol. The van der Waals surface area contributed by atoms with E-state index in [1.54, 1.807) is 73.8 Å². The number of nitrogens with two attached hydrogens (primary N) is 1. The highest BCUT2D eigenvalue weighted by Crippen LogP contribution is 2.39. The van der Waals surface area contributed by atoms with Crippen LogP contribution in [0.2, 0.25) is 10.0 Å². The van der Waals surface area contributed by atoms with Gasteiger partial charge in [-0.1, -0.05) is 59.6 Å². The van der Waals surface area contributed by atoms with E-state index in [-0.39, 0.29) is 74.8 Å². The lowest BCUT2D eigenvalue weighted by Crippen LogP contribution is -2.35. The molecule has 428 valence electrons. The van der Waals surface area contributed by atoms with Gasteiger partial charge in [-0.05, 0) is 159 Å². The Morgan fingerprint density at radius 3 is 1.54 bits per heavy atom. The minimum absolute atomic E-state index is 0.00825. The predicted octanol–water partition coefficient (Wildman–Crippen LogP) is 16.2. The lowest BCUT2D eigenvalue weighted by molar-refractivity contribution is -0.144. The van der Waals surface area contributed by atoms with Crippen LogP contribution in [0.15, 0.2) is 114 Å². The molecule has 1 heterocycles. The van der Waals surface area contributed by atoms with Crippen molar-refractivity contribution in [3.8, 4) is 0 Å². The van der Waals surface area contributed by atoms with Crippen LogP contribution < -0.4 is 16.4 Å². The Morgan fingerprint density at radius 2 is 1.09 bits per heavy atom. The summed E-state index contributed by atoms with van der Waals surface area (Å²) in [5.41, 5.74) is 3.03. The predicted molar refractivity (Wildman–Crippen MR) is 291 cm³/mol. The van der Waals surface area contributed by atoms with Crippen molar-refractivity contribution >= 4 is 81.8 Å². The van der Waals surface area contributed by atoms with E-state index < -0.39 is 64.7 Å². The fourth-order valence-corrected chi connectivity index (χ4v) is 9.54. The van der Waals surface area contributed by atoms with Gasteiger partial charge in [0.2, 0.25) is 5.90 Å². The Kier molecular flexibility index (Phi) is 21.8. The highest BCUT2D eigenvalue weighted by atomic mass is 35.5. The van der Waals surface area contributed by atoms with Gasteiger partial charge >= 0.3 is 30.7 Å². The van der Waals surface area contributed by atoms with Crippen LogP contribution in [0.5, 0.6) is 0 Å². The van der Waals surface area contributed by atoms with Gasteiger partial charge < -0.3 is 21.1 Å². The van der Waals surface area contributed by atoms with Gasteiger partial charge in [0.25, 0.3) is 11.8 Å². The number of carbonyl (C=O) groups is 3. The SMILES string of the molecule is CSCC(C)N.CSCC(C)NC(=O)c1c(Cl)cccc1C(=O)Nc1ccc(Cc2cc(C(F)(F)F)cc(C(F)(F)F)c2)cc1C.Cc1cc(Cc2cc(C(F)(F)F)cc(C(F)(F)F)c2)ccc1N=C1OC(=O)c2c(Cl)cccc21. The first-order valence-corrected chi connectivity index (χ1v) is 27.2. The normalized spacial score (nSPS) is 13.8. The smallest absolute Gasteiger partial charge is 0.403 e. The van der Waals surface area contributed by atoms with Crippen molar-refractivity contribution in [3.63, 3.8) is 0 Å². The minimum atomic E-state index is -4.94. The molecular formula is C56H50Cl2F12N4O4S2. The van der Waals surface area contributed by atoms with Crippen LogP contribution in [0.4, 0.5) is 64.1 Å². The van der Waals surface area contributed by atoms with Crippen LogP contribution in [-0.4, -0.2) is 59.8 Å². The number of cyclic esters (lactones) is 1. The summed E-state index contributed by atoms with van der Waals surface area (Å²) in [5, 5.41) is 5.81. The van der Waals surface area contributed by atoms with E-state index in [0.717, 1.165) is 5.75 Å². The second kappa shape index (κ2) is 27.0. The highest BCUT2D eigenvalue weighted by molar-refractivity contribution is 7.98. The standard InChI is InChI=1S/C28H25ClF6N2O2S.C24H14ClF6NO2.C4H11NS/c1-15-9-17(10-18-11-19(27(30,31)32)13-20(12-18)28(33,34)35)7-8-23(15)37-25(38)21-5-4-6-22(29)24(21)26(39)36-16(2)14-40-3;1-12-7-13(8-14-9-15(23(26,27)28)11-16(10-14)24(29,30)31)5-6-19(12)32-21-17-3-2-4-18(25)20(17)22(33)34-21;1-4(5)3-6-2/h4-9,11-13,16H,10,14H2,1-3H3,(H,36,39)(H,37,38);2-7,9-11H,8H2,1H3;4H,3,5H2,1-2H3. The number of hydrogen-bond acceptors (Lipinski definition) is 8. The fraction of sp³-hybridized carbons (Fsp3) is 0.286. The molecule has 2 unspecified atom stereocenters. The van der Waals surface area contributed by atoms with Crippen LogP contribution in [0.1, 0.15) is 106 Å². The molecule has 0 bridgehead atoms. The Morgan fingerprint density at radius 1 is 0.613 bits per heavy atom. The second-order valence-electron chi connectivity index (χ2n) is 18.3. The maximum Gasteiger partial charge on any atom is 0.416 e. The van der Waals surface area contributed by atoms with Crippen LogP contribution in [0.25, 0.3) is 0 Å². The molecule has 2 amide bonds. The molecule has 6 aromatic rings. The number of halogens is 14. The highest BCUT2D eigenvalue weighted by Gasteiger charge is 2.38. The third-order valence-electron chi connectivity index (χ3n) is 11.5. The summed E-state index contributed by atoms with van der Waals surface area (Å²) in [6.07, 6.45) is -16.1. The van der Waals surface area contributed by atoms with Crippen molar-refractivity contribution in [2.45, 2.75) is 77.3 Å². The average Bonchev–Trinajstić information content (AvgIpc) is 3.80. The second-order valence-corrected chi connectivity index (χ2v) is 20.9. The van der Waals surface area contributed by atoms with Gasteiger partial charge in [-0.3, -0.25) is 9.59 Å². The number of carbonyl (C=O) groups excluding carboxylic acids is 3. The zero-order chi connectivity index (χ0) is 59.7. The molecule has 4 N–H and O–H groups in total. The van der Waals surface area contributed by atoms with Crippen molar-refractivity contribution in [3.05, 3.63) is 197 Å². The van der Waals surface area contributed by atoms with Gasteiger partial charge in [-0.15, -0.1) is 0 Å². The molecule has 80 heavy (non-hydrogen) atoms. The summed E-state index contributed by atoms with van der Waals surface area (Å²) in [4.78, 5) is 42.4. The van der Waals surface area contributed by atoms with Gasteiger partial charge in [0.15, 0.2) is 0 Å².